The number of likely N-dealkylation sites (tertiary alicyclic amines) is 1. The maximum Gasteiger partial charge on any atom is 0.521 e. The van der Waals surface area contributed by atoms with Crippen molar-refractivity contribution in [1.82, 2.24) is 4.57 Å². The van der Waals surface area contributed by atoms with Crippen LogP contribution in [0.25, 0.3) is 10.9 Å². The second kappa shape index (κ2) is 6.44. The number of ketones is 1. The highest BCUT2D eigenvalue weighted by atomic mass is 16.4. The van der Waals surface area contributed by atoms with Crippen molar-refractivity contribution in [2.75, 3.05) is 6.54 Å². The SMILES string of the molecule is C[C@@H]1CCC[N+]1(C(=O)O)C(=O)CCC(=O)c1cn(C)c2ccccc12. The van der Waals surface area contributed by atoms with Gasteiger partial charge in [-0.25, -0.2) is 4.79 Å². The molecule has 6 heteroatoms. The summed E-state index contributed by atoms with van der Waals surface area (Å²) in [6, 6.07) is 7.38. The number of imide groups is 1. The van der Waals surface area contributed by atoms with E-state index < -0.39 is 10.6 Å². The Morgan fingerprint density at radius 1 is 1.24 bits per heavy atom. The Morgan fingerprint density at radius 2 is 1.96 bits per heavy atom. The van der Waals surface area contributed by atoms with Gasteiger partial charge in [0, 0.05) is 49.0 Å². The fourth-order valence-corrected chi connectivity index (χ4v) is 3.96. The van der Waals surface area contributed by atoms with Crippen LogP contribution in [0.15, 0.2) is 30.5 Å². The topological polar surface area (TPSA) is 76.4 Å². The lowest BCUT2D eigenvalue weighted by Gasteiger charge is -2.29. The minimum Gasteiger partial charge on any atom is -0.435 e. The molecule has 0 radical (unpaired) electrons. The predicted octanol–water partition coefficient (Wildman–Crippen LogP) is 3.34. The first-order valence-corrected chi connectivity index (χ1v) is 8.60. The molecule has 2 heterocycles. The average molecular weight is 343 g/mol. The van der Waals surface area contributed by atoms with Crippen LogP contribution in [0.1, 0.15) is 43.0 Å². The Hall–Kier alpha value is -2.47. The van der Waals surface area contributed by atoms with E-state index in [0.717, 1.165) is 23.7 Å². The number of carbonyl (C=O) groups excluding carboxylic acids is 2. The quantitative estimate of drug-likeness (QED) is 0.682. The van der Waals surface area contributed by atoms with Crippen LogP contribution in [0.4, 0.5) is 4.79 Å². The molecule has 132 valence electrons. The van der Waals surface area contributed by atoms with Gasteiger partial charge in [-0.15, -0.1) is 0 Å². The molecular weight excluding hydrogens is 320 g/mol. The molecule has 3 rings (SSSR count). The molecule has 2 amide bonds. The molecule has 2 atom stereocenters. The lowest BCUT2D eigenvalue weighted by molar-refractivity contribution is -0.792. The minimum atomic E-state index is -1.10. The molecule has 1 aliphatic rings. The summed E-state index contributed by atoms with van der Waals surface area (Å²) in [6.45, 7) is 2.11. The average Bonchev–Trinajstić information content (AvgIpc) is 3.14. The second-order valence-corrected chi connectivity index (χ2v) is 6.85. The summed E-state index contributed by atoms with van der Waals surface area (Å²) in [5, 5.41) is 10.5. The Kier molecular flexibility index (Phi) is 4.47. The van der Waals surface area contributed by atoms with Crippen LogP contribution in [0, 0.1) is 0 Å². The zero-order valence-electron chi connectivity index (χ0n) is 14.6. The molecule has 25 heavy (non-hydrogen) atoms. The molecule has 1 aliphatic heterocycles. The molecule has 0 spiro atoms. The first-order valence-electron chi connectivity index (χ1n) is 8.60. The third kappa shape index (κ3) is 2.76. The number of quaternary nitrogens is 1. The highest BCUT2D eigenvalue weighted by Gasteiger charge is 2.52. The van der Waals surface area contributed by atoms with Gasteiger partial charge in [0.2, 0.25) is 0 Å². The monoisotopic (exact) mass is 343 g/mol. The predicted molar refractivity (Wildman–Crippen MR) is 93.3 cm³/mol. The summed E-state index contributed by atoms with van der Waals surface area (Å²) in [7, 11) is 1.88. The highest BCUT2D eigenvalue weighted by molar-refractivity contribution is 6.08. The number of carbonyl (C=O) groups is 3. The zero-order valence-corrected chi connectivity index (χ0v) is 14.6. The summed E-state index contributed by atoms with van der Waals surface area (Å²) in [6.07, 6.45) is 2.10. The van der Waals surface area contributed by atoms with E-state index in [0.29, 0.717) is 12.1 Å². The smallest absolute Gasteiger partial charge is 0.435 e. The van der Waals surface area contributed by atoms with E-state index in [9.17, 15) is 19.5 Å². The zero-order chi connectivity index (χ0) is 18.2. The number of carboxylic acid groups (broad SMARTS) is 1. The van der Waals surface area contributed by atoms with Crippen molar-refractivity contribution in [3.63, 3.8) is 0 Å². The van der Waals surface area contributed by atoms with Crippen molar-refractivity contribution < 1.29 is 24.0 Å². The van der Waals surface area contributed by atoms with Gasteiger partial charge in [0.25, 0.3) is 0 Å². The van der Waals surface area contributed by atoms with Crippen LogP contribution < -0.4 is 0 Å². The van der Waals surface area contributed by atoms with E-state index in [2.05, 4.69) is 0 Å². The maximum absolute atomic E-state index is 12.7. The van der Waals surface area contributed by atoms with Gasteiger partial charge in [0.1, 0.15) is 6.04 Å². The van der Waals surface area contributed by atoms with Gasteiger partial charge in [0.15, 0.2) is 5.78 Å². The molecule has 0 aliphatic carbocycles. The summed E-state index contributed by atoms with van der Waals surface area (Å²) in [5.74, 6) is -0.494. The number of hydrogen-bond acceptors (Lipinski definition) is 3. The molecule has 1 fully saturated rings. The van der Waals surface area contributed by atoms with Crippen molar-refractivity contribution in [2.24, 2.45) is 7.05 Å². The number of amides is 2. The second-order valence-electron chi connectivity index (χ2n) is 6.85. The van der Waals surface area contributed by atoms with Gasteiger partial charge in [-0.05, 0) is 13.0 Å². The number of aryl methyl sites for hydroxylation is 1. The van der Waals surface area contributed by atoms with Crippen molar-refractivity contribution in [3.05, 3.63) is 36.0 Å². The number of fused-ring (bicyclic) bond motifs is 1. The summed E-state index contributed by atoms with van der Waals surface area (Å²) >= 11 is 0. The highest BCUT2D eigenvalue weighted by Crippen LogP contribution is 2.30. The molecule has 0 saturated carbocycles. The van der Waals surface area contributed by atoms with E-state index in [-0.39, 0.29) is 30.6 Å². The lowest BCUT2D eigenvalue weighted by atomic mass is 10.0. The molecule has 6 nitrogen and oxygen atoms in total. The minimum absolute atomic E-state index is 0.0346. The standard InChI is InChI=1S/C19H22N2O4/c1-13-6-5-11-21(13,19(24)25)18(23)10-9-17(22)15-12-20(2)16-8-4-3-7-14(15)16/h3-4,7-8,12-13H,5-6,9-11H2,1-2H3/p+1/t13-,21?/m1/s1. The van der Waals surface area contributed by atoms with Gasteiger partial charge in [0.05, 0.1) is 13.0 Å². The molecule has 1 aromatic heterocycles. The van der Waals surface area contributed by atoms with E-state index in [1.807, 2.05) is 35.9 Å². The van der Waals surface area contributed by atoms with Crippen LogP contribution in [0.2, 0.25) is 0 Å². The van der Waals surface area contributed by atoms with Crippen LogP contribution in [0.5, 0.6) is 0 Å². The number of rotatable bonds is 4. The van der Waals surface area contributed by atoms with E-state index in [1.54, 1.807) is 13.1 Å². The van der Waals surface area contributed by atoms with E-state index in [4.69, 9.17) is 0 Å². The number of hydrogen-bond donors (Lipinski definition) is 1. The van der Waals surface area contributed by atoms with Gasteiger partial charge in [-0.3, -0.25) is 4.79 Å². The van der Waals surface area contributed by atoms with E-state index in [1.165, 1.54) is 0 Å². The van der Waals surface area contributed by atoms with Crippen molar-refractivity contribution in [2.45, 2.75) is 38.6 Å². The molecule has 2 aromatic rings. The maximum atomic E-state index is 12.7. The fraction of sp³-hybridized carbons (Fsp3) is 0.421. The van der Waals surface area contributed by atoms with Crippen LogP contribution in [0.3, 0.4) is 0 Å². The third-order valence-electron chi connectivity index (χ3n) is 5.43. The van der Waals surface area contributed by atoms with Gasteiger partial charge in [-0.1, -0.05) is 18.2 Å². The van der Waals surface area contributed by atoms with Crippen LogP contribution >= 0.6 is 0 Å². The summed E-state index contributed by atoms with van der Waals surface area (Å²) in [4.78, 5) is 37.0. The molecule has 1 N–H and O–H groups in total. The molecular formula is C19H23N2O4+. The summed E-state index contributed by atoms with van der Waals surface area (Å²) < 4.78 is 1.35. The lowest BCUT2D eigenvalue weighted by Crippen LogP contribution is -2.58. The molecule has 0 bridgehead atoms. The van der Waals surface area contributed by atoms with Gasteiger partial charge in [-0.2, -0.15) is 9.28 Å². The number of para-hydroxylation sites is 1. The fourth-order valence-electron chi connectivity index (χ4n) is 3.96. The van der Waals surface area contributed by atoms with Crippen LogP contribution in [-0.4, -0.2) is 44.5 Å². The van der Waals surface area contributed by atoms with Gasteiger partial charge < -0.3 is 9.67 Å². The Bertz CT molecular complexity index is 854. The van der Waals surface area contributed by atoms with Crippen molar-refractivity contribution in [1.29, 1.82) is 0 Å². The first kappa shape index (κ1) is 17.4. The third-order valence-corrected chi connectivity index (χ3v) is 5.43. The van der Waals surface area contributed by atoms with E-state index >= 15 is 0 Å². The molecule has 1 unspecified atom stereocenters. The number of benzene rings is 1. The van der Waals surface area contributed by atoms with Gasteiger partial charge >= 0.3 is 12.0 Å². The Morgan fingerprint density at radius 3 is 2.60 bits per heavy atom. The normalized spacial score (nSPS) is 23.0. The summed E-state index contributed by atoms with van der Waals surface area (Å²) in [5.41, 5.74) is 1.54. The number of nitrogens with zero attached hydrogens (tertiary/aromatic N) is 2. The van der Waals surface area contributed by atoms with Crippen molar-refractivity contribution >= 4 is 28.7 Å². The number of aromatic nitrogens is 1. The number of Topliss-reactive ketones (excluding diaryl/α,β-unsaturated/α-hetero) is 1. The Balaban J connectivity index is 1.78. The van der Waals surface area contributed by atoms with Crippen LogP contribution in [-0.2, 0) is 11.8 Å². The first-order chi connectivity index (χ1) is 11.9. The Labute approximate surface area is 146 Å². The molecule has 1 saturated heterocycles. The molecule has 1 aromatic carbocycles. The largest absolute Gasteiger partial charge is 0.521 e. The van der Waals surface area contributed by atoms with Crippen molar-refractivity contribution in [3.8, 4) is 0 Å².